The van der Waals surface area contributed by atoms with Gasteiger partial charge in [-0.2, -0.15) is 0 Å². The number of benzene rings is 4. The first kappa shape index (κ1) is 44.1. The van der Waals surface area contributed by atoms with Crippen LogP contribution in [-0.4, -0.2) is 63.1 Å². The fourth-order valence-electron chi connectivity index (χ4n) is 6.63. The van der Waals surface area contributed by atoms with E-state index >= 15 is 0 Å². The molecule has 0 saturated carbocycles. The van der Waals surface area contributed by atoms with Gasteiger partial charge in [0, 0.05) is 37.6 Å². The fourth-order valence-corrected chi connectivity index (χ4v) is 6.87. The summed E-state index contributed by atoms with van der Waals surface area (Å²) in [6, 6.07) is 22.0. The molecule has 0 unspecified atom stereocenters. The maximum Gasteiger partial charge on any atom is 0.311 e. The minimum Gasteiger partial charge on any atom is -0.488 e. The summed E-state index contributed by atoms with van der Waals surface area (Å²) in [6.45, 7) is 13.8. The second kappa shape index (κ2) is 21.1. The Labute approximate surface area is 348 Å². The lowest BCUT2D eigenvalue weighted by Crippen LogP contribution is -2.31. The summed E-state index contributed by atoms with van der Waals surface area (Å²) in [5.74, 6) is 0.0159. The van der Waals surface area contributed by atoms with Gasteiger partial charge in [-0.1, -0.05) is 54.1 Å². The maximum atomic E-state index is 12.1. The molecule has 0 bridgehead atoms. The summed E-state index contributed by atoms with van der Waals surface area (Å²) in [6.07, 6.45) is 3.27. The van der Waals surface area contributed by atoms with Crippen molar-refractivity contribution in [2.75, 3.05) is 19.7 Å². The lowest BCUT2D eigenvalue weighted by Gasteiger charge is -2.18. The van der Waals surface area contributed by atoms with Gasteiger partial charge in [-0.25, -0.2) is 4.85 Å². The summed E-state index contributed by atoms with van der Waals surface area (Å²) >= 11 is 6.78. The van der Waals surface area contributed by atoms with Crippen molar-refractivity contribution in [3.63, 3.8) is 0 Å². The van der Waals surface area contributed by atoms with Crippen LogP contribution in [0.25, 0.3) is 27.1 Å². The van der Waals surface area contributed by atoms with E-state index in [9.17, 15) is 25.1 Å². The summed E-state index contributed by atoms with van der Waals surface area (Å²) in [7, 11) is 0. The number of aliphatic hydroxyl groups excluding tert-OH is 2. The highest BCUT2D eigenvalue weighted by Crippen LogP contribution is 2.39. The van der Waals surface area contributed by atoms with E-state index in [4.69, 9.17) is 37.5 Å². The second-order valence-corrected chi connectivity index (χ2v) is 14.6. The topological polar surface area (TPSA) is 178 Å². The van der Waals surface area contributed by atoms with Crippen LogP contribution in [-0.2, 0) is 24.4 Å². The number of aryl methyl sites for hydroxylation is 1. The van der Waals surface area contributed by atoms with Crippen molar-refractivity contribution in [3.8, 4) is 39.5 Å². The molecule has 0 radical (unpaired) electrons. The average Bonchev–Trinajstić information content (AvgIpc) is 3.20. The molecule has 308 valence electrons. The lowest BCUT2D eigenvalue weighted by molar-refractivity contribution is -0.385. The summed E-state index contributed by atoms with van der Waals surface area (Å²) in [5.41, 5.74) is 8.07. The minimum atomic E-state index is -1.11. The number of carbonyl (C=O) groups is 1. The molecule has 0 aliphatic rings. The van der Waals surface area contributed by atoms with Crippen LogP contribution in [0.2, 0.25) is 5.02 Å². The molecule has 5 rings (SSSR count). The maximum absolute atomic E-state index is 12.1. The molecule has 13 nitrogen and oxygen atoms in total. The number of carboxylic acids is 1. The third kappa shape index (κ3) is 12.2. The first-order valence-electron chi connectivity index (χ1n) is 19.1. The second-order valence-electron chi connectivity index (χ2n) is 14.2. The van der Waals surface area contributed by atoms with Crippen LogP contribution in [0.4, 0.5) is 11.4 Å². The average molecular weight is 823 g/mol. The van der Waals surface area contributed by atoms with Gasteiger partial charge in [0.25, 0.3) is 0 Å². The molecule has 1 heterocycles. The van der Waals surface area contributed by atoms with Gasteiger partial charge >= 0.3 is 11.7 Å². The number of aromatic nitrogens is 1. The third-order valence-corrected chi connectivity index (χ3v) is 10.0. The van der Waals surface area contributed by atoms with Crippen LogP contribution < -0.4 is 19.5 Å². The molecule has 0 aliphatic heterocycles. The van der Waals surface area contributed by atoms with Crippen molar-refractivity contribution in [2.45, 2.75) is 71.9 Å². The number of nitrogens with zero attached hydrogens (tertiary/aromatic N) is 3. The lowest BCUT2D eigenvalue weighted by atomic mass is 9.89. The highest BCUT2D eigenvalue weighted by atomic mass is 35.5. The standard InChI is InChI=1S/C45H47ClN4O9/c1-28(51)8-5-9-33-19-40(46)44(22-43(33)58-26-31-18-35(47-4)24-49-23-31)59-27-34-10-6-12-38(29(34)2)39-13-7-11-37(30(39)3)32-14-15-42(41(20-32)50(55)56)57-17-16-48-25-36(52)21-45(53)54/h6-7,10-15,18-20,22-24,28,36,48,51-52H,5,8-9,16-17,21,25-27H2,1-3H3,(H,53,54)/t28-,36-/m0/s1. The Morgan fingerprint density at radius 2 is 1.64 bits per heavy atom. The van der Waals surface area contributed by atoms with Crippen molar-refractivity contribution >= 4 is 28.9 Å². The van der Waals surface area contributed by atoms with Crippen LogP contribution in [0, 0.1) is 30.5 Å². The molecular weight excluding hydrogens is 776 g/mol. The number of halogens is 1. The Hall–Kier alpha value is -6.04. The molecule has 14 heteroatoms. The van der Waals surface area contributed by atoms with Crippen molar-refractivity contribution in [3.05, 3.63) is 140 Å². The van der Waals surface area contributed by atoms with Crippen molar-refractivity contribution in [2.24, 2.45) is 0 Å². The van der Waals surface area contributed by atoms with Gasteiger partial charge in [-0.3, -0.25) is 19.9 Å². The molecule has 0 amide bonds. The van der Waals surface area contributed by atoms with Gasteiger partial charge in [0.1, 0.15) is 31.3 Å². The molecule has 1 aromatic heterocycles. The Morgan fingerprint density at radius 1 is 0.915 bits per heavy atom. The van der Waals surface area contributed by atoms with E-state index in [0.717, 1.165) is 50.9 Å². The summed E-state index contributed by atoms with van der Waals surface area (Å²) in [5, 5.41) is 43.7. The normalized spacial score (nSPS) is 12.0. The zero-order valence-corrected chi connectivity index (χ0v) is 33.9. The first-order chi connectivity index (χ1) is 28.3. The van der Waals surface area contributed by atoms with E-state index < -0.39 is 23.1 Å². The van der Waals surface area contributed by atoms with Crippen LogP contribution >= 0.6 is 11.6 Å². The first-order valence-corrected chi connectivity index (χ1v) is 19.5. The van der Waals surface area contributed by atoms with Gasteiger partial charge in [-0.05, 0) is 108 Å². The number of hydrogen-bond acceptors (Lipinski definition) is 10. The molecule has 0 aliphatic carbocycles. The molecule has 4 N–H and O–H groups in total. The number of nitro groups is 1. The number of carboxylic acid groups (broad SMARTS) is 1. The number of aliphatic hydroxyl groups is 2. The quantitative estimate of drug-likeness (QED) is 0.0241. The molecule has 0 saturated heterocycles. The largest absolute Gasteiger partial charge is 0.488 e. The molecule has 0 spiro atoms. The van der Waals surface area contributed by atoms with E-state index in [1.165, 1.54) is 12.3 Å². The molecule has 0 fully saturated rings. The predicted molar refractivity (Wildman–Crippen MR) is 225 cm³/mol. The monoisotopic (exact) mass is 822 g/mol. The number of rotatable bonds is 21. The Morgan fingerprint density at radius 3 is 2.37 bits per heavy atom. The van der Waals surface area contributed by atoms with Gasteiger partial charge in [0.05, 0.1) is 35.1 Å². The summed E-state index contributed by atoms with van der Waals surface area (Å²) < 4.78 is 18.3. The highest BCUT2D eigenvalue weighted by Gasteiger charge is 2.20. The third-order valence-electron chi connectivity index (χ3n) is 9.73. The van der Waals surface area contributed by atoms with Crippen LogP contribution in [0.15, 0.2) is 85.2 Å². The number of aliphatic carboxylic acids is 1. The smallest absolute Gasteiger partial charge is 0.311 e. The van der Waals surface area contributed by atoms with Crippen LogP contribution in [0.5, 0.6) is 17.2 Å². The van der Waals surface area contributed by atoms with Crippen LogP contribution in [0.3, 0.4) is 0 Å². The van der Waals surface area contributed by atoms with Crippen molar-refractivity contribution < 1.29 is 39.2 Å². The number of nitro benzene ring substituents is 1. The van der Waals surface area contributed by atoms with E-state index in [0.29, 0.717) is 40.6 Å². The zero-order chi connectivity index (χ0) is 42.5. The molecular formula is C45H47ClN4O9. The molecule has 59 heavy (non-hydrogen) atoms. The number of pyridine rings is 1. The zero-order valence-electron chi connectivity index (χ0n) is 33.1. The van der Waals surface area contributed by atoms with Gasteiger partial charge < -0.3 is 34.8 Å². The van der Waals surface area contributed by atoms with Crippen molar-refractivity contribution in [1.29, 1.82) is 0 Å². The van der Waals surface area contributed by atoms with E-state index in [2.05, 4.69) is 15.1 Å². The van der Waals surface area contributed by atoms with Gasteiger partial charge in [-0.15, -0.1) is 0 Å². The number of hydrogen-bond donors (Lipinski definition) is 4. The fraction of sp³-hybridized carbons (Fsp3) is 0.311. The highest BCUT2D eigenvalue weighted by molar-refractivity contribution is 6.32. The minimum absolute atomic E-state index is 0.0500. The van der Waals surface area contributed by atoms with E-state index in [1.807, 2.05) is 56.3 Å². The van der Waals surface area contributed by atoms with Crippen LogP contribution in [0.1, 0.15) is 54.0 Å². The number of nitrogens with one attached hydrogen (secondary N) is 1. The van der Waals surface area contributed by atoms with Gasteiger partial charge in [0.15, 0.2) is 5.75 Å². The Bertz CT molecular complexity index is 2310. The predicted octanol–water partition coefficient (Wildman–Crippen LogP) is 8.81. The molecule has 2 atom stereocenters. The molecule has 5 aromatic rings. The molecule has 4 aromatic carbocycles. The van der Waals surface area contributed by atoms with Gasteiger partial charge in [0.2, 0.25) is 5.69 Å². The summed E-state index contributed by atoms with van der Waals surface area (Å²) in [4.78, 5) is 30.0. The SMILES string of the molecule is [C-]#[N+]c1cncc(COc2cc(OCc3cccc(-c4cccc(-c5ccc(OCCNC[C@@H](O)CC(=O)O)c([N+](=O)[O-])c5)c4C)c3C)c(Cl)cc2CCC[C@H](C)O)c1. The Kier molecular flexibility index (Phi) is 15.8. The Balaban J connectivity index is 1.33. The van der Waals surface area contributed by atoms with E-state index in [-0.39, 0.29) is 50.8 Å². The van der Waals surface area contributed by atoms with Crippen molar-refractivity contribution in [1.82, 2.24) is 10.3 Å². The van der Waals surface area contributed by atoms with E-state index in [1.54, 1.807) is 37.4 Å². The number of ether oxygens (including phenoxy) is 3.